The van der Waals surface area contributed by atoms with E-state index in [2.05, 4.69) is 9.57 Å². The first kappa shape index (κ1) is 14.6. The van der Waals surface area contributed by atoms with Gasteiger partial charge in [-0.1, -0.05) is 18.2 Å². The molecule has 0 fully saturated rings. The average molecular weight is 265 g/mol. The lowest BCUT2D eigenvalue weighted by Gasteiger charge is -2.05. The highest BCUT2D eigenvalue weighted by Gasteiger charge is 2.09. The standard InChI is InChI=1S/C13H15NO5/c1-3-17-13(16)14-19-12(15)10(2)9-18-11-7-5-4-6-8-11/h4-9H,3H2,1-2H3,(H,14,16). The summed E-state index contributed by atoms with van der Waals surface area (Å²) in [5.41, 5.74) is 2.05. The van der Waals surface area contributed by atoms with Crippen molar-refractivity contribution in [2.75, 3.05) is 6.61 Å². The van der Waals surface area contributed by atoms with Crippen LogP contribution in [0.25, 0.3) is 0 Å². The van der Waals surface area contributed by atoms with Gasteiger partial charge in [0.2, 0.25) is 0 Å². The number of rotatable bonds is 4. The highest BCUT2D eigenvalue weighted by molar-refractivity contribution is 5.88. The zero-order valence-corrected chi connectivity index (χ0v) is 10.7. The average Bonchev–Trinajstić information content (AvgIpc) is 2.43. The smallest absolute Gasteiger partial charge is 0.440 e. The summed E-state index contributed by atoms with van der Waals surface area (Å²) in [7, 11) is 0. The molecule has 1 N–H and O–H groups in total. The van der Waals surface area contributed by atoms with Crippen molar-refractivity contribution in [1.82, 2.24) is 5.48 Å². The summed E-state index contributed by atoms with van der Waals surface area (Å²) >= 11 is 0. The fourth-order valence-electron chi connectivity index (χ4n) is 1.03. The number of hydroxylamine groups is 1. The number of ether oxygens (including phenoxy) is 2. The van der Waals surface area contributed by atoms with Crippen molar-refractivity contribution in [2.45, 2.75) is 13.8 Å². The molecule has 6 nitrogen and oxygen atoms in total. The molecule has 19 heavy (non-hydrogen) atoms. The Morgan fingerprint density at radius 3 is 2.58 bits per heavy atom. The van der Waals surface area contributed by atoms with Gasteiger partial charge in [0.1, 0.15) is 12.0 Å². The van der Waals surface area contributed by atoms with Gasteiger partial charge in [0, 0.05) is 0 Å². The second-order valence-corrected chi connectivity index (χ2v) is 3.44. The van der Waals surface area contributed by atoms with Crippen molar-refractivity contribution < 1.29 is 23.9 Å². The molecule has 0 aromatic heterocycles. The van der Waals surface area contributed by atoms with Crippen LogP contribution in [-0.2, 0) is 14.4 Å². The van der Waals surface area contributed by atoms with Crippen LogP contribution in [0.4, 0.5) is 4.79 Å². The van der Waals surface area contributed by atoms with E-state index in [1.165, 1.54) is 13.2 Å². The molecule has 6 heteroatoms. The third-order valence-electron chi connectivity index (χ3n) is 1.94. The van der Waals surface area contributed by atoms with Crippen molar-refractivity contribution in [3.63, 3.8) is 0 Å². The first-order valence-electron chi connectivity index (χ1n) is 5.66. The predicted octanol–water partition coefficient (Wildman–Crippen LogP) is 2.17. The van der Waals surface area contributed by atoms with E-state index in [1.54, 1.807) is 31.2 Å². The topological polar surface area (TPSA) is 73.9 Å². The molecule has 1 aromatic rings. The minimum Gasteiger partial charge on any atom is -0.464 e. The second-order valence-electron chi connectivity index (χ2n) is 3.44. The molecular formula is C13H15NO5. The molecule has 1 rings (SSSR count). The third kappa shape index (κ3) is 5.58. The Morgan fingerprint density at radius 1 is 1.26 bits per heavy atom. The molecule has 0 bridgehead atoms. The summed E-state index contributed by atoms with van der Waals surface area (Å²) in [4.78, 5) is 26.8. The summed E-state index contributed by atoms with van der Waals surface area (Å²) in [5.74, 6) is -0.142. The van der Waals surface area contributed by atoms with E-state index in [4.69, 9.17) is 4.74 Å². The maximum atomic E-state index is 11.4. The van der Waals surface area contributed by atoms with Gasteiger partial charge in [-0.3, -0.25) is 0 Å². The van der Waals surface area contributed by atoms with E-state index >= 15 is 0 Å². The fourth-order valence-corrected chi connectivity index (χ4v) is 1.03. The molecule has 102 valence electrons. The molecule has 0 atom stereocenters. The Bertz CT molecular complexity index is 455. The van der Waals surface area contributed by atoms with Gasteiger partial charge < -0.3 is 14.3 Å². The molecule has 0 spiro atoms. The molecule has 0 unspecified atom stereocenters. The summed E-state index contributed by atoms with van der Waals surface area (Å²) in [6.45, 7) is 3.33. The molecule has 0 aliphatic heterocycles. The molecule has 0 aliphatic rings. The monoisotopic (exact) mass is 265 g/mol. The Labute approximate surface area is 110 Å². The van der Waals surface area contributed by atoms with Gasteiger partial charge in [-0.25, -0.2) is 9.59 Å². The molecule has 0 radical (unpaired) electrons. The Morgan fingerprint density at radius 2 is 1.95 bits per heavy atom. The van der Waals surface area contributed by atoms with Gasteiger partial charge in [0.15, 0.2) is 0 Å². The number of amides is 1. The molecule has 0 saturated heterocycles. The number of hydrogen-bond donors (Lipinski definition) is 1. The van der Waals surface area contributed by atoms with Crippen LogP contribution in [0.5, 0.6) is 5.75 Å². The summed E-state index contributed by atoms with van der Waals surface area (Å²) in [5, 5.41) is 0. The first-order valence-corrected chi connectivity index (χ1v) is 5.66. The van der Waals surface area contributed by atoms with Crippen molar-refractivity contribution in [1.29, 1.82) is 0 Å². The summed E-state index contributed by atoms with van der Waals surface area (Å²) in [6.07, 6.45) is 0.414. The number of nitrogens with one attached hydrogen (secondary N) is 1. The van der Waals surface area contributed by atoms with Gasteiger partial charge in [-0.15, -0.1) is 5.48 Å². The molecule has 0 aliphatic carbocycles. The zero-order chi connectivity index (χ0) is 14.1. The highest BCUT2D eigenvalue weighted by Crippen LogP contribution is 2.09. The molecule has 1 aromatic carbocycles. The van der Waals surface area contributed by atoms with E-state index < -0.39 is 12.1 Å². The molecule has 0 saturated carbocycles. The van der Waals surface area contributed by atoms with Gasteiger partial charge >= 0.3 is 12.1 Å². The van der Waals surface area contributed by atoms with Gasteiger partial charge in [-0.2, -0.15) is 0 Å². The Kier molecular flexibility index (Phi) is 5.94. The summed E-state index contributed by atoms with van der Waals surface area (Å²) < 4.78 is 9.76. The van der Waals surface area contributed by atoms with Gasteiger partial charge in [0.25, 0.3) is 0 Å². The number of carbonyl (C=O) groups is 2. The lowest BCUT2D eigenvalue weighted by atomic mass is 10.3. The lowest BCUT2D eigenvalue weighted by Crippen LogP contribution is -2.28. The fraction of sp³-hybridized carbons (Fsp3) is 0.231. The predicted molar refractivity (Wildman–Crippen MR) is 67.1 cm³/mol. The van der Waals surface area contributed by atoms with Crippen LogP contribution in [0.3, 0.4) is 0 Å². The van der Waals surface area contributed by atoms with E-state index in [9.17, 15) is 9.59 Å². The molecule has 1 amide bonds. The van der Waals surface area contributed by atoms with E-state index in [1.807, 2.05) is 11.5 Å². The number of benzene rings is 1. The van der Waals surface area contributed by atoms with Crippen LogP contribution >= 0.6 is 0 Å². The maximum Gasteiger partial charge on any atom is 0.440 e. The first-order chi connectivity index (χ1) is 9.13. The largest absolute Gasteiger partial charge is 0.464 e. The van der Waals surface area contributed by atoms with E-state index in [0.29, 0.717) is 5.75 Å². The van der Waals surface area contributed by atoms with Crippen molar-refractivity contribution in [3.05, 3.63) is 42.2 Å². The number of para-hydroxylation sites is 1. The van der Waals surface area contributed by atoms with Gasteiger partial charge in [0.05, 0.1) is 12.2 Å². The quantitative estimate of drug-likeness (QED) is 0.513. The number of carbonyl (C=O) groups excluding carboxylic acids is 2. The minimum atomic E-state index is -0.826. The van der Waals surface area contributed by atoms with E-state index in [-0.39, 0.29) is 12.2 Å². The van der Waals surface area contributed by atoms with Crippen LogP contribution in [0.2, 0.25) is 0 Å². The molecule has 0 heterocycles. The van der Waals surface area contributed by atoms with Crippen molar-refractivity contribution in [3.8, 4) is 5.75 Å². The lowest BCUT2D eigenvalue weighted by molar-refractivity contribution is -0.145. The Balaban J connectivity index is 2.41. The normalized spacial score (nSPS) is 10.5. The summed E-state index contributed by atoms with van der Waals surface area (Å²) in [6, 6.07) is 8.94. The maximum absolute atomic E-state index is 11.4. The van der Waals surface area contributed by atoms with Crippen molar-refractivity contribution in [2.24, 2.45) is 0 Å². The Hall–Kier alpha value is -2.50. The van der Waals surface area contributed by atoms with Crippen LogP contribution in [0, 0.1) is 0 Å². The second kappa shape index (κ2) is 7.75. The van der Waals surface area contributed by atoms with Gasteiger partial charge in [-0.05, 0) is 26.0 Å². The van der Waals surface area contributed by atoms with Crippen LogP contribution < -0.4 is 10.2 Å². The van der Waals surface area contributed by atoms with Crippen LogP contribution in [0.15, 0.2) is 42.2 Å². The zero-order valence-electron chi connectivity index (χ0n) is 10.7. The highest BCUT2D eigenvalue weighted by atomic mass is 16.7. The van der Waals surface area contributed by atoms with Crippen LogP contribution in [-0.4, -0.2) is 18.7 Å². The number of hydrogen-bond acceptors (Lipinski definition) is 5. The SMILES string of the molecule is CCOC(=O)NOC(=O)C(C)=COc1ccccc1. The third-order valence-corrected chi connectivity index (χ3v) is 1.94. The van der Waals surface area contributed by atoms with Crippen LogP contribution in [0.1, 0.15) is 13.8 Å². The molecular weight excluding hydrogens is 250 g/mol. The minimum absolute atomic E-state index is 0.190. The van der Waals surface area contributed by atoms with Crippen molar-refractivity contribution >= 4 is 12.1 Å². The van der Waals surface area contributed by atoms with E-state index in [0.717, 1.165) is 0 Å².